The van der Waals surface area contributed by atoms with Crippen LogP contribution in [0.2, 0.25) is 0 Å². The molecule has 0 fully saturated rings. The van der Waals surface area contributed by atoms with E-state index in [0.29, 0.717) is 5.69 Å². The molecule has 56 valence electrons. The summed E-state index contributed by atoms with van der Waals surface area (Å²) in [5.74, 6) is 0. The Morgan fingerprint density at radius 1 is 1.55 bits per heavy atom. The Hall–Kier alpha value is -1.03. The fourth-order valence-electron chi connectivity index (χ4n) is 0.974. The fourth-order valence-corrected chi connectivity index (χ4v) is 1.31. The molecule has 3 nitrogen and oxygen atoms in total. The standard InChI is InChI=1S/C7H6BrN3/c8-5-1-2-11-7(3-5)6(9)4-10-11/h1-4H,9H2. The van der Waals surface area contributed by atoms with E-state index in [1.54, 1.807) is 10.7 Å². The van der Waals surface area contributed by atoms with Crippen molar-refractivity contribution >= 4 is 27.1 Å². The number of nitrogen functional groups attached to an aromatic ring is 1. The summed E-state index contributed by atoms with van der Waals surface area (Å²) in [4.78, 5) is 0. The Balaban J connectivity index is 2.87. The second kappa shape index (κ2) is 2.23. The molecule has 0 unspecified atom stereocenters. The minimum atomic E-state index is 0.700. The Bertz CT molecular complexity index is 393. The second-order valence-corrected chi connectivity index (χ2v) is 3.19. The van der Waals surface area contributed by atoms with Gasteiger partial charge in [-0.25, -0.2) is 4.52 Å². The van der Waals surface area contributed by atoms with E-state index in [1.807, 2.05) is 18.3 Å². The van der Waals surface area contributed by atoms with Crippen LogP contribution in [-0.2, 0) is 0 Å². The van der Waals surface area contributed by atoms with E-state index < -0.39 is 0 Å². The van der Waals surface area contributed by atoms with Gasteiger partial charge in [0.2, 0.25) is 0 Å². The van der Waals surface area contributed by atoms with E-state index in [4.69, 9.17) is 5.73 Å². The lowest BCUT2D eigenvalue weighted by atomic mass is 10.4. The topological polar surface area (TPSA) is 43.3 Å². The highest BCUT2D eigenvalue weighted by Crippen LogP contribution is 2.17. The lowest BCUT2D eigenvalue weighted by Crippen LogP contribution is -1.86. The van der Waals surface area contributed by atoms with Crippen LogP contribution in [0.5, 0.6) is 0 Å². The maximum atomic E-state index is 5.64. The predicted octanol–water partition coefficient (Wildman–Crippen LogP) is 1.68. The molecule has 2 aromatic rings. The van der Waals surface area contributed by atoms with Crippen molar-refractivity contribution in [2.24, 2.45) is 0 Å². The average Bonchev–Trinajstić information content (AvgIpc) is 2.33. The van der Waals surface area contributed by atoms with Crippen LogP contribution in [0.15, 0.2) is 29.0 Å². The van der Waals surface area contributed by atoms with Crippen LogP contribution in [-0.4, -0.2) is 9.61 Å². The van der Waals surface area contributed by atoms with Crippen molar-refractivity contribution in [2.75, 3.05) is 5.73 Å². The molecule has 0 saturated heterocycles. The number of pyridine rings is 1. The lowest BCUT2D eigenvalue weighted by molar-refractivity contribution is 0.959. The minimum Gasteiger partial charge on any atom is -0.396 e. The van der Waals surface area contributed by atoms with Gasteiger partial charge >= 0.3 is 0 Å². The number of halogens is 1. The van der Waals surface area contributed by atoms with Crippen LogP contribution < -0.4 is 5.73 Å². The van der Waals surface area contributed by atoms with Gasteiger partial charge < -0.3 is 5.73 Å². The first-order chi connectivity index (χ1) is 5.27. The Morgan fingerprint density at radius 2 is 2.36 bits per heavy atom. The molecule has 0 bridgehead atoms. The van der Waals surface area contributed by atoms with Gasteiger partial charge in [-0.05, 0) is 12.1 Å². The third-order valence-corrected chi connectivity index (χ3v) is 2.01. The Labute approximate surface area is 71.9 Å². The first-order valence-electron chi connectivity index (χ1n) is 3.16. The molecule has 2 N–H and O–H groups in total. The van der Waals surface area contributed by atoms with Crippen LogP contribution in [0.25, 0.3) is 5.52 Å². The third-order valence-electron chi connectivity index (χ3n) is 1.51. The van der Waals surface area contributed by atoms with Gasteiger partial charge in [-0.3, -0.25) is 0 Å². The summed E-state index contributed by atoms with van der Waals surface area (Å²) < 4.78 is 2.75. The molecule has 0 aliphatic rings. The molecule has 0 amide bonds. The maximum absolute atomic E-state index is 5.64. The van der Waals surface area contributed by atoms with E-state index in [0.717, 1.165) is 9.99 Å². The molecule has 0 aliphatic heterocycles. The van der Waals surface area contributed by atoms with Crippen molar-refractivity contribution in [1.29, 1.82) is 0 Å². The molecule has 2 rings (SSSR count). The Kier molecular flexibility index (Phi) is 1.35. The zero-order valence-electron chi connectivity index (χ0n) is 5.66. The van der Waals surface area contributed by atoms with Crippen molar-refractivity contribution in [3.05, 3.63) is 29.0 Å². The van der Waals surface area contributed by atoms with E-state index in [9.17, 15) is 0 Å². The molecule has 0 saturated carbocycles. The molecule has 0 aliphatic carbocycles. The molecular weight excluding hydrogens is 206 g/mol. The lowest BCUT2D eigenvalue weighted by Gasteiger charge is -1.93. The first-order valence-corrected chi connectivity index (χ1v) is 3.95. The molecule has 0 aromatic carbocycles. The van der Waals surface area contributed by atoms with Crippen molar-refractivity contribution in [2.45, 2.75) is 0 Å². The van der Waals surface area contributed by atoms with Gasteiger partial charge in [-0.2, -0.15) is 5.10 Å². The summed E-state index contributed by atoms with van der Waals surface area (Å²) in [5.41, 5.74) is 7.27. The molecule has 0 spiro atoms. The van der Waals surface area contributed by atoms with E-state index >= 15 is 0 Å². The molecule has 11 heavy (non-hydrogen) atoms. The van der Waals surface area contributed by atoms with E-state index in [1.165, 1.54) is 0 Å². The van der Waals surface area contributed by atoms with Gasteiger partial charge in [-0.15, -0.1) is 0 Å². The number of nitrogens with two attached hydrogens (primary N) is 1. The van der Waals surface area contributed by atoms with Gasteiger partial charge in [0.25, 0.3) is 0 Å². The second-order valence-electron chi connectivity index (χ2n) is 2.27. The number of hydrogen-bond acceptors (Lipinski definition) is 2. The maximum Gasteiger partial charge on any atom is 0.0902 e. The fraction of sp³-hybridized carbons (Fsp3) is 0. The summed E-state index contributed by atoms with van der Waals surface area (Å²) >= 11 is 3.35. The zero-order chi connectivity index (χ0) is 7.84. The number of fused-ring (bicyclic) bond motifs is 1. The highest BCUT2D eigenvalue weighted by Gasteiger charge is 1.98. The van der Waals surface area contributed by atoms with Gasteiger partial charge in [0, 0.05) is 10.7 Å². The van der Waals surface area contributed by atoms with Gasteiger partial charge in [0.05, 0.1) is 17.4 Å². The molecule has 0 radical (unpaired) electrons. The summed E-state index contributed by atoms with van der Waals surface area (Å²) in [6.07, 6.45) is 3.50. The van der Waals surface area contributed by atoms with Gasteiger partial charge in [0.1, 0.15) is 0 Å². The number of aromatic nitrogens is 2. The van der Waals surface area contributed by atoms with Crippen LogP contribution >= 0.6 is 15.9 Å². The van der Waals surface area contributed by atoms with Crippen molar-refractivity contribution in [3.8, 4) is 0 Å². The van der Waals surface area contributed by atoms with E-state index in [2.05, 4.69) is 21.0 Å². The van der Waals surface area contributed by atoms with E-state index in [-0.39, 0.29) is 0 Å². The number of anilines is 1. The largest absolute Gasteiger partial charge is 0.396 e. The Morgan fingerprint density at radius 3 is 3.18 bits per heavy atom. The summed E-state index contributed by atoms with van der Waals surface area (Å²) in [5, 5.41) is 4.03. The molecule has 2 aromatic heterocycles. The molecule has 2 heterocycles. The van der Waals surface area contributed by atoms with Crippen LogP contribution in [0.1, 0.15) is 0 Å². The van der Waals surface area contributed by atoms with Crippen LogP contribution in [0.3, 0.4) is 0 Å². The quantitative estimate of drug-likeness (QED) is 0.721. The smallest absolute Gasteiger partial charge is 0.0902 e. The summed E-state index contributed by atoms with van der Waals surface area (Å²) in [6, 6.07) is 3.85. The molecular formula is C7H6BrN3. The number of rotatable bonds is 0. The molecule has 4 heteroatoms. The van der Waals surface area contributed by atoms with Gasteiger partial charge in [-0.1, -0.05) is 15.9 Å². The third kappa shape index (κ3) is 0.991. The summed E-state index contributed by atoms with van der Waals surface area (Å²) in [7, 11) is 0. The monoisotopic (exact) mass is 211 g/mol. The van der Waals surface area contributed by atoms with Crippen molar-refractivity contribution < 1.29 is 0 Å². The van der Waals surface area contributed by atoms with Crippen molar-refractivity contribution in [1.82, 2.24) is 9.61 Å². The van der Waals surface area contributed by atoms with Gasteiger partial charge in [0.15, 0.2) is 0 Å². The highest BCUT2D eigenvalue weighted by atomic mass is 79.9. The van der Waals surface area contributed by atoms with Crippen molar-refractivity contribution in [3.63, 3.8) is 0 Å². The number of nitrogens with zero attached hydrogens (tertiary/aromatic N) is 2. The highest BCUT2D eigenvalue weighted by molar-refractivity contribution is 9.10. The molecule has 0 atom stereocenters. The number of hydrogen-bond donors (Lipinski definition) is 1. The zero-order valence-corrected chi connectivity index (χ0v) is 7.25. The normalized spacial score (nSPS) is 10.6. The average molecular weight is 212 g/mol. The SMILES string of the molecule is Nc1cnn2ccc(Br)cc12. The summed E-state index contributed by atoms with van der Waals surface area (Å²) in [6.45, 7) is 0. The van der Waals surface area contributed by atoms with Crippen LogP contribution in [0, 0.1) is 0 Å². The van der Waals surface area contributed by atoms with Crippen LogP contribution in [0.4, 0.5) is 5.69 Å². The first kappa shape index (κ1) is 6.67. The minimum absolute atomic E-state index is 0.700. The predicted molar refractivity (Wildman–Crippen MR) is 47.3 cm³/mol.